The first-order valence-electron chi connectivity index (χ1n) is 8.10. The van der Waals surface area contributed by atoms with Gasteiger partial charge < -0.3 is 10.1 Å². The Bertz CT molecular complexity index is 984. The fourth-order valence-electron chi connectivity index (χ4n) is 2.53. The maximum atomic E-state index is 13.5. The van der Waals surface area contributed by atoms with Gasteiger partial charge in [-0.15, -0.1) is 0 Å². The highest BCUT2D eigenvalue weighted by atomic mass is 19.4. The number of allylic oxidation sites excluding steroid dienone is 2. The fraction of sp³-hybridized carbons (Fsp3) is 0.211. The topological polar surface area (TPSA) is 63.6 Å². The van der Waals surface area contributed by atoms with Crippen molar-refractivity contribution in [1.29, 1.82) is 0 Å². The standard InChI is InChI=1S/C19H16F5N3O2/c1-4-5-11(25-3)9-26-17(28)15-6-10(2)13-7-12(29-18(20)21)8-14(16(13)27-15)19(22,23)24/h4-8,18H,1,3,9H2,2H3,(H,26,28)/b11-5-. The predicted molar refractivity (Wildman–Crippen MR) is 98.3 cm³/mol. The number of aliphatic imine (C=N–C) groups is 1. The highest BCUT2D eigenvalue weighted by Crippen LogP contribution is 2.38. The van der Waals surface area contributed by atoms with Crippen LogP contribution in [0.1, 0.15) is 21.6 Å². The molecule has 1 heterocycles. The van der Waals surface area contributed by atoms with E-state index in [2.05, 4.69) is 33.3 Å². The van der Waals surface area contributed by atoms with Crippen molar-refractivity contribution in [2.75, 3.05) is 6.54 Å². The normalized spacial score (nSPS) is 12.2. The number of alkyl halides is 5. The Morgan fingerprint density at radius 1 is 1.34 bits per heavy atom. The number of amides is 1. The van der Waals surface area contributed by atoms with E-state index < -0.39 is 35.5 Å². The molecule has 0 aliphatic heterocycles. The van der Waals surface area contributed by atoms with Gasteiger partial charge in [0.05, 0.1) is 23.3 Å². The number of carbonyl (C=O) groups is 1. The smallest absolute Gasteiger partial charge is 0.418 e. The number of pyridine rings is 1. The van der Waals surface area contributed by atoms with Gasteiger partial charge in [-0.2, -0.15) is 22.0 Å². The van der Waals surface area contributed by atoms with E-state index in [4.69, 9.17) is 0 Å². The summed E-state index contributed by atoms with van der Waals surface area (Å²) >= 11 is 0. The molecular weight excluding hydrogens is 397 g/mol. The number of aryl methyl sites for hydroxylation is 1. The summed E-state index contributed by atoms with van der Waals surface area (Å²) in [6.45, 7) is 4.92. The molecule has 1 aromatic carbocycles. The van der Waals surface area contributed by atoms with E-state index in [-0.39, 0.29) is 23.2 Å². The molecule has 0 bridgehead atoms. The zero-order valence-electron chi connectivity index (χ0n) is 15.2. The average Bonchev–Trinajstić information content (AvgIpc) is 2.63. The van der Waals surface area contributed by atoms with Crippen molar-refractivity contribution < 1.29 is 31.5 Å². The molecule has 1 N–H and O–H groups in total. The molecule has 1 amide bonds. The fourth-order valence-corrected chi connectivity index (χ4v) is 2.53. The molecule has 0 unspecified atom stereocenters. The van der Waals surface area contributed by atoms with Crippen LogP contribution >= 0.6 is 0 Å². The third kappa shape index (κ3) is 5.37. The molecule has 0 saturated heterocycles. The molecule has 154 valence electrons. The van der Waals surface area contributed by atoms with Crippen LogP contribution in [0.4, 0.5) is 22.0 Å². The summed E-state index contributed by atoms with van der Waals surface area (Å²) in [5, 5.41) is 2.40. The molecule has 0 spiro atoms. The van der Waals surface area contributed by atoms with Crippen molar-refractivity contribution in [1.82, 2.24) is 10.3 Å². The van der Waals surface area contributed by atoms with Crippen LogP contribution in [0.2, 0.25) is 0 Å². The molecule has 0 radical (unpaired) electrons. The van der Waals surface area contributed by atoms with Crippen LogP contribution in [-0.2, 0) is 6.18 Å². The Balaban J connectivity index is 2.52. The zero-order valence-corrected chi connectivity index (χ0v) is 15.2. The number of nitrogens with zero attached hydrogens (tertiary/aromatic N) is 2. The SMILES string of the molecule is C=C/C=C(/CNC(=O)c1cc(C)c2cc(OC(F)F)cc(C(F)(F)F)c2n1)N=C. The lowest BCUT2D eigenvalue weighted by Crippen LogP contribution is -2.26. The second kappa shape index (κ2) is 8.80. The van der Waals surface area contributed by atoms with Gasteiger partial charge in [0.25, 0.3) is 5.91 Å². The van der Waals surface area contributed by atoms with Crippen LogP contribution in [-0.4, -0.2) is 30.8 Å². The monoisotopic (exact) mass is 413 g/mol. The minimum Gasteiger partial charge on any atom is -0.435 e. The molecule has 0 saturated carbocycles. The van der Waals surface area contributed by atoms with Gasteiger partial charge in [-0.25, -0.2) is 4.98 Å². The highest BCUT2D eigenvalue weighted by molar-refractivity contribution is 5.97. The number of hydrogen-bond acceptors (Lipinski definition) is 4. The number of halogens is 5. The maximum absolute atomic E-state index is 13.5. The maximum Gasteiger partial charge on any atom is 0.418 e. The molecule has 10 heteroatoms. The molecule has 0 fully saturated rings. The van der Waals surface area contributed by atoms with Gasteiger partial charge in [0.2, 0.25) is 0 Å². The molecular formula is C19H16F5N3O2. The van der Waals surface area contributed by atoms with Crippen LogP contribution < -0.4 is 10.1 Å². The molecule has 5 nitrogen and oxygen atoms in total. The second-order valence-electron chi connectivity index (χ2n) is 5.80. The van der Waals surface area contributed by atoms with Crippen molar-refractivity contribution in [2.45, 2.75) is 19.7 Å². The van der Waals surface area contributed by atoms with Crippen molar-refractivity contribution in [3.8, 4) is 5.75 Å². The number of carbonyl (C=O) groups excluding carboxylic acids is 1. The van der Waals surface area contributed by atoms with Gasteiger partial charge >= 0.3 is 12.8 Å². The quantitative estimate of drug-likeness (QED) is 0.408. The Morgan fingerprint density at radius 2 is 2.03 bits per heavy atom. The van der Waals surface area contributed by atoms with E-state index in [9.17, 15) is 26.7 Å². The largest absolute Gasteiger partial charge is 0.435 e. The van der Waals surface area contributed by atoms with Crippen molar-refractivity contribution in [3.63, 3.8) is 0 Å². The van der Waals surface area contributed by atoms with E-state index >= 15 is 0 Å². The first-order chi connectivity index (χ1) is 13.6. The number of nitrogens with one attached hydrogen (secondary N) is 1. The van der Waals surface area contributed by atoms with E-state index in [1.807, 2.05) is 0 Å². The van der Waals surface area contributed by atoms with Crippen molar-refractivity contribution >= 4 is 23.5 Å². The first-order valence-corrected chi connectivity index (χ1v) is 8.10. The lowest BCUT2D eigenvalue weighted by Gasteiger charge is -2.15. The molecule has 29 heavy (non-hydrogen) atoms. The van der Waals surface area contributed by atoms with Crippen molar-refractivity contribution in [3.05, 3.63) is 59.4 Å². The minimum atomic E-state index is -4.90. The van der Waals surface area contributed by atoms with Crippen LogP contribution in [0.3, 0.4) is 0 Å². The highest BCUT2D eigenvalue weighted by Gasteiger charge is 2.35. The second-order valence-corrected chi connectivity index (χ2v) is 5.80. The summed E-state index contributed by atoms with van der Waals surface area (Å²) in [6, 6.07) is 2.70. The van der Waals surface area contributed by atoms with Gasteiger partial charge in [0.1, 0.15) is 11.4 Å². The molecule has 0 aliphatic rings. The van der Waals surface area contributed by atoms with E-state index in [0.29, 0.717) is 11.8 Å². The Labute approximate surface area is 162 Å². The molecule has 1 aromatic heterocycles. The predicted octanol–water partition coefficient (Wildman–Crippen LogP) is 4.66. The molecule has 0 aliphatic carbocycles. The third-order valence-corrected chi connectivity index (χ3v) is 3.80. The lowest BCUT2D eigenvalue weighted by molar-refractivity contribution is -0.136. The van der Waals surface area contributed by atoms with E-state index in [0.717, 1.165) is 6.07 Å². The number of aromatic nitrogens is 1. The number of ether oxygens (including phenoxy) is 1. The molecule has 0 atom stereocenters. The third-order valence-electron chi connectivity index (χ3n) is 3.80. The number of hydrogen-bond donors (Lipinski definition) is 1. The lowest BCUT2D eigenvalue weighted by atomic mass is 10.0. The van der Waals surface area contributed by atoms with Gasteiger partial charge in [-0.3, -0.25) is 9.79 Å². The molecule has 2 aromatic rings. The van der Waals surface area contributed by atoms with E-state index in [1.165, 1.54) is 25.1 Å². The van der Waals surface area contributed by atoms with Crippen LogP contribution in [0.25, 0.3) is 10.9 Å². The first kappa shape index (κ1) is 22.0. The summed E-state index contributed by atoms with van der Waals surface area (Å²) in [5.41, 5.74) is -1.49. The summed E-state index contributed by atoms with van der Waals surface area (Å²) in [7, 11) is 0. The number of rotatable bonds is 7. The summed E-state index contributed by atoms with van der Waals surface area (Å²) in [6.07, 6.45) is -1.97. The Morgan fingerprint density at radius 3 is 2.59 bits per heavy atom. The number of benzene rings is 1. The van der Waals surface area contributed by atoms with Gasteiger partial charge in [0, 0.05) is 5.39 Å². The summed E-state index contributed by atoms with van der Waals surface area (Å²) in [4.78, 5) is 19.8. The van der Waals surface area contributed by atoms with E-state index in [1.54, 1.807) is 0 Å². The summed E-state index contributed by atoms with van der Waals surface area (Å²) < 4.78 is 69.4. The van der Waals surface area contributed by atoms with Crippen LogP contribution in [0.15, 0.2) is 47.6 Å². The summed E-state index contributed by atoms with van der Waals surface area (Å²) in [5.74, 6) is -1.40. The Hall–Kier alpha value is -3.30. The van der Waals surface area contributed by atoms with Gasteiger partial charge in [-0.1, -0.05) is 12.7 Å². The van der Waals surface area contributed by atoms with Crippen LogP contribution in [0.5, 0.6) is 5.75 Å². The average molecular weight is 413 g/mol. The molecule has 2 rings (SSSR count). The van der Waals surface area contributed by atoms with Crippen LogP contribution in [0, 0.1) is 6.92 Å². The van der Waals surface area contributed by atoms with Gasteiger partial charge in [0.15, 0.2) is 0 Å². The number of fused-ring (bicyclic) bond motifs is 1. The minimum absolute atomic E-state index is 0.0413. The van der Waals surface area contributed by atoms with Gasteiger partial charge in [-0.05, 0) is 43.5 Å². The Kier molecular flexibility index (Phi) is 6.68. The zero-order chi connectivity index (χ0) is 21.8. The van der Waals surface area contributed by atoms with Crippen molar-refractivity contribution in [2.24, 2.45) is 4.99 Å².